The Labute approximate surface area is 92.4 Å². The van der Waals surface area contributed by atoms with Crippen molar-refractivity contribution < 1.29 is 9.84 Å². The van der Waals surface area contributed by atoms with E-state index in [2.05, 4.69) is 4.98 Å². The van der Waals surface area contributed by atoms with Gasteiger partial charge >= 0.3 is 0 Å². The molecule has 0 aliphatic carbocycles. The molecule has 78 valence electrons. The van der Waals surface area contributed by atoms with Crippen LogP contribution in [0.4, 0.5) is 0 Å². The number of rotatable bonds is 5. The summed E-state index contributed by atoms with van der Waals surface area (Å²) in [6.07, 6.45) is 2.02. The van der Waals surface area contributed by atoms with Gasteiger partial charge in [0.1, 0.15) is 11.8 Å². The molecule has 1 heterocycles. The van der Waals surface area contributed by atoms with Crippen LogP contribution in [-0.2, 0) is 5.75 Å². The van der Waals surface area contributed by atoms with Gasteiger partial charge in [-0.05, 0) is 17.9 Å². The predicted molar refractivity (Wildman–Crippen MR) is 59.0 cm³/mol. The summed E-state index contributed by atoms with van der Waals surface area (Å²) in [5.74, 6) is 1.34. The van der Waals surface area contributed by atoms with Crippen LogP contribution in [0.2, 0.25) is 5.15 Å². The highest BCUT2D eigenvalue weighted by Gasteiger charge is 2.01. The minimum atomic E-state index is -0.0218. The van der Waals surface area contributed by atoms with Crippen LogP contribution in [0.1, 0.15) is 5.56 Å². The molecule has 0 radical (unpaired) electrons. The number of hydrogen-bond donors (Lipinski definition) is 1. The first-order valence-corrected chi connectivity index (χ1v) is 5.92. The number of aromatic nitrogens is 1. The van der Waals surface area contributed by atoms with Gasteiger partial charge < -0.3 is 9.84 Å². The highest BCUT2D eigenvalue weighted by Crippen LogP contribution is 2.19. The lowest BCUT2D eigenvalue weighted by Gasteiger charge is -2.05. The summed E-state index contributed by atoms with van der Waals surface area (Å²) in [5, 5.41) is 9.00. The van der Waals surface area contributed by atoms with Gasteiger partial charge in [0.25, 0.3) is 0 Å². The van der Waals surface area contributed by atoms with Crippen LogP contribution in [0.15, 0.2) is 12.1 Å². The molecule has 1 aromatic rings. The molecule has 0 saturated heterocycles. The fraction of sp³-hybridized carbons (Fsp3) is 0.444. The van der Waals surface area contributed by atoms with Crippen molar-refractivity contribution in [1.29, 1.82) is 0 Å². The van der Waals surface area contributed by atoms with Gasteiger partial charge in [0, 0.05) is 11.8 Å². The summed E-state index contributed by atoms with van der Waals surface area (Å²) >= 11 is 7.51. The Hall–Kier alpha value is -0.450. The fourth-order valence-corrected chi connectivity index (χ4v) is 1.72. The van der Waals surface area contributed by atoms with E-state index in [0.29, 0.717) is 11.0 Å². The molecule has 0 atom stereocenters. The van der Waals surface area contributed by atoms with Crippen LogP contribution in [0, 0.1) is 0 Å². The fourth-order valence-electron chi connectivity index (χ4n) is 0.997. The number of aliphatic hydroxyl groups is 1. The van der Waals surface area contributed by atoms with Crippen molar-refractivity contribution in [2.45, 2.75) is 5.75 Å². The summed E-state index contributed by atoms with van der Waals surface area (Å²) in [6, 6.07) is 3.64. The lowest BCUT2D eigenvalue weighted by atomic mass is 10.3. The average Bonchev–Trinajstić information content (AvgIpc) is 2.14. The predicted octanol–water partition coefficient (Wildman–Crippen LogP) is 1.97. The maximum absolute atomic E-state index is 8.58. The van der Waals surface area contributed by atoms with E-state index in [4.69, 9.17) is 21.4 Å². The Balaban J connectivity index is 2.73. The zero-order chi connectivity index (χ0) is 10.4. The third-order valence-electron chi connectivity index (χ3n) is 1.48. The molecule has 1 aromatic heterocycles. The molecule has 5 heteroatoms. The van der Waals surface area contributed by atoms with Crippen molar-refractivity contribution in [3.05, 3.63) is 22.8 Å². The van der Waals surface area contributed by atoms with Crippen molar-refractivity contribution in [3.63, 3.8) is 0 Å². The average molecular weight is 234 g/mol. The number of aliphatic hydroxyl groups excluding tert-OH is 1. The maximum atomic E-state index is 8.58. The van der Waals surface area contributed by atoms with Crippen molar-refractivity contribution >= 4 is 23.4 Å². The van der Waals surface area contributed by atoms with Gasteiger partial charge in [-0.2, -0.15) is 11.8 Å². The van der Waals surface area contributed by atoms with Crippen molar-refractivity contribution in [1.82, 2.24) is 4.98 Å². The van der Waals surface area contributed by atoms with Gasteiger partial charge in [0.05, 0.1) is 6.61 Å². The summed E-state index contributed by atoms with van der Waals surface area (Å²) in [6.45, 7) is 0.220. The first-order valence-electron chi connectivity index (χ1n) is 4.15. The number of halogens is 1. The highest BCUT2D eigenvalue weighted by atomic mass is 35.5. The Morgan fingerprint density at radius 1 is 1.57 bits per heavy atom. The van der Waals surface area contributed by atoms with Crippen molar-refractivity contribution in [2.75, 3.05) is 19.5 Å². The third kappa shape index (κ3) is 3.74. The number of pyridine rings is 1. The number of thioether (sulfide) groups is 1. The number of nitrogens with zero attached hydrogens (tertiary/aromatic N) is 1. The molecule has 0 saturated carbocycles. The lowest BCUT2D eigenvalue weighted by molar-refractivity contribution is 0.196. The van der Waals surface area contributed by atoms with Gasteiger partial charge in [-0.15, -0.1) is 0 Å². The second-order valence-electron chi connectivity index (χ2n) is 2.64. The van der Waals surface area contributed by atoms with E-state index in [1.807, 2.05) is 18.4 Å². The molecule has 0 amide bonds. The Bertz CT molecular complexity index is 296. The van der Waals surface area contributed by atoms with E-state index in [1.54, 1.807) is 11.8 Å². The van der Waals surface area contributed by atoms with Crippen molar-refractivity contribution in [3.8, 4) is 5.88 Å². The zero-order valence-corrected chi connectivity index (χ0v) is 9.44. The summed E-state index contributed by atoms with van der Waals surface area (Å²) in [5.41, 5.74) is 1.07. The monoisotopic (exact) mass is 233 g/mol. The Morgan fingerprint density at radius 3 is 3.00 bits per heavy atom. The second kappa shape index (κ2) is 6.11. The third-order valence-corrected chi connectivity index (χ3v) is 2.30. The van der Waals surface area contributed by atoms with Gasteiger partial charge in [-0.1, -0.05) is 11.6 Å². The molecule has 0 aliphatic rings. The van der Waals surface area contributed by atoms with E-state index in [0.717, 1.165) is 11.3 Å². The summed E-state index contributed by atoms with van der Waals surface area (Å²) < 4.78 is 5.17. The minimum Gasteiger partial charge on any atom is -0.475 e. The largest absolute Gasteiger partial charge is 0.475 e. The van der Waals surface area contributed by atoms with Crippen molar-refractivity contribution in [2.24, 2.45) is 0 Å². The molecule has 0 unspecified atom stereocenters. The molecule has 0 bridgehead atoms. The zero-order valence-electron chi connectivity index (χ0n) is 7.86. The molecule has 1 rings (SSSR count). The van der Waals surface area contributed by atoms with Gasteiger partial charge in [-0.25, -0.2) is 4.98 Å². The lowest BCUT2D eigenvalue weighted by Crippen LogP contribution is -2.03. The second-order valence-corrected chi connectivity index (χ2v) is 3.89. The van der Waals surface area contributed by atoms with Gasteiger partial charge in [-0.3, -0.25) is 0 Å². The SMILES string of the molecule is CSCc1cc(Cl)nc(OCCO)c1. The normalized spacial score (nSPS) is 10.2. The summed E-state index contributed by atoms with van der Waals surface area (Å²) in [7, 11) is 0. The maximum Gasteiger partial charge on any atom is 0.215 e. The quantitative estimate of drug-likeness (QED) is 0.790. The highest BCUT2D eigenvalue weighted by molar-refractivity contribution is 7.97. The minimum absolute atomic E-state index is 0.0218. The Kier molecular flexibility index (Phi) is 5.07. The van der Waals surface area contributed by atoms with E-state index in [-0.39, 0.29) is 13.2 Å². The molecule has 1 N–H and O–H groups in total. The molecular formula is C9H12ClNO2S. The molecule has 0 fully saturated rings. The topological polar surface area (TPSA) is 42.4 Å². The smallest absolute Gasteiger partial charge is 0.215 e. The number of ether oxygens (including phenoxy) is 1. The first-order chi connectivity index (χ1) is 6.76. The van der Waals surface area contributed by atoms with Crippen LogP contribution in [0.3, 0.4) is 0 Å². The van der Waals surface area contributed by atoms with E-state index >= 15 is 0 Å². The Morgan fingerprint density at radius 2 is 2.36 bits per heavy atom. The van der Waals surface area contributed by atoms with Crippen LogP contribution in [0.25, 0.3) is 0 Å². The molecule has 14 heavy (non-hydrogen) atoms. The van der Waals surface area contributed by atoms with Crippen LogP contribution < -0.4 is 4.74 Å². The van der Waals surface area contributed by atoms with Crippen LogP contribution in [0.5, 0.6) is 5.88 Å². The molecule has 0 spiro atoms. The summed E-state index contributed by atoms with van der Waals surface area (Å²) in [4.78, 5) is 3.98. The van der Waals surface area contributed by atoms with Gasteiger partial charge in [0.2, 0.25) is 5.88 Å². The molecule has 0 aromatic carbocycles. The first kappa shape index (κ1) is 11.6. The van der Waals surface area contributed by atoms with E-state index < -0.39 is 0 Å². The molecule has 3 nitrogen and oxygen atoms in total. The number of hydrogen-bond acceptors (Lipinski definition) is 4. The van der Waals surface area contributed by atoms with E-state index in [1.165, 1.54) is 0 Å². The standard InChI is InChI=1S/C9H12ClNO2S/c1-14-6-7-4-8(10)11-9(5-7)13-3-2-12/h4-5,12H,2-3,6H2,1H3. The van der Waals surface area contributed by atoms with Crippen LogP contribution in [-0.4, -0.2) is 29.6 Å². The molecule has 0 aliphatic heterocycles. The molecular weight excluding hydrogens is 222 g/mol. The van der Waals surface area contributed by atoms with Gasteiger partial charge in [0.15, 0.2) is 0 Å². The van der Waals surface area contributed by atoms with E-state index in [9.17, 15) is 0 Å². The van der Waals surface area contributed by atoms with Crippen LogP contribution >= 0.6 is 23.4 Å².